The summed E-state index contributed by atoms with van der Waals surface area (Å²) in [5, 5.41) is 2.32. The van der Waals surface area contributed by atoms with Crippen LogP contribution in [0.3, 0.4) is 0 Å². The van der Waals surface area contributed by atoms with E-state index in [0.29, 0.717) is 5.75 Å². The van der Waals surface area contributed by atoms with Crippen molar-refractivity contribution >= 4 is 17.6 Å². The maximum Gasteiger partial charge on any atom is 0.344 e. The van der Waals surface area contributed by atoms with Gasteiger partial charge in [-0.15, -0.1) is 0 Å². The predicted molar refractivity (Wildman–Crippen MR) is 82.7 cm³/mol. The molecule has 0 radical (unpaired) electrons. The van der Waals surface area contributed by atoms with E-state index in [0.717, 1.165) is 5.56 Å². The molecule has 6 heteroatoms. The van der Waals surface area contributed by atoms with E-state index in [1.807, 2.05) is 19.1 Å². The summed E-state index contributed by atoms with van der Waals surface area (Å²) >= 11 is 0. The quantitative estimate of drug-likeness (QED) is 0.832. The molecule has 0 saturated heterocycles. The van der Waals surface area contributed by atoms with Gasteiger partial charge in [-0.25, -0.2) is 9.18 Å². The van der Waals surface area contributed by atoms with E-state index < -0.39 is 24.3 Å². The third-order valence-electron chi connectivity index (χ3n) is 2.95. The van der Waals surface area contributed by atoms with Crippen LogP contribution in [-0.4, -0.2) is 25.1 Å². The van der Waals surface area contributed by atoms with Gasteiger partial charge >= 0.3 is 5.97 Å². The number of hydrogen-bond donors (Lipinski definition) is 1. The van der Waals surface area contributed by atoms with Crippen molar-refractivity contribution in [1.29, 1.82) is 0 Å². The monoisotopic (exact) mass is 317 g/mol. The lowest BCUT2D eigenvalue weighted by molar-refractivity contribution is -0.149. The van der Waals surface area contributed by atoms with Crippen molar-refractivity contribution in [2.24, 2.45) is 0 Å². The number of esters is 1. The van der Waals surface area contributed by atoms with Gasteiger partial charge in [-0.3, -0.25) is 4.79 Å². The van der Waals surface area contributed by atoms with E-state index in [1.54, 1.807) is 18.2 Å². The molecule has 0 saturated carbocycles. The smallest absolute Gasteiger partial charge is 0.344 e. The van der Waals surface area contributed by atoms with Crippen molar-refractivity contribution in [2.75, 3.05) is 18.5 Å². The first-order valence-electron chi connectivity index (χ1n) is 6.94. The summed E-state index contributed by atoms with van der Waals surface area (Å²) in [4.78, 5) is 23.2. The van der Waals surface area contributed by atoms with Gasteiger partial charge in [0.05, 0.1) is 5.69 Å². The SMILES string of the molecule is Cc1ccccc1OCC(=O)OCC(=O)Nc1ccccc1F. The molecule has 2 aromatic carbocycles. The number of aryl methyl sites for hydroxylation is 1. The average Bonchev–Trinajstić information content (AvgIpc) is 2.54. The molecule has 23 heavy (non-hydrogen) atoms. The van der Waals surface area contributed by atoms with Crippen molar-refractivity contribution in [3.05, 3.63) is 59.9 Å². The van der Waals surface area contributed by atoms with Gasteiger partial charge in [0.2, 0.25) is 0 Å². The van der Waals surface area contributed by atoms with Gasteiger partial charge in [-0.05, 0) is 30.7 Å². The summed E-state index contributed by atoms with van der Waals surface area (Å²) in [6, 6.07) is 12.9. The molecule has 0 aliphatic carbocycles. The number of amides is 1. The average molecular weight is 317 g/mol. The molecule has 0 atom stereocenters. The molecule has 0 aromatic heterocycles. The second-order valence-corrected chi connectivity index (χ2v) is 4.74. The normalized spacial score (nSPS) is 10.0. The Balaban J connectivity index is 1.75. The number of ether oxygens (including phenoxy) is 2. The highest BCUT2D eigenvalue weighted by Crippen LogP contribution is 2.16. The van der Waals surface area contributed by atoms with Crippen LogP contribution in [0.25, 0.3) is 0 Å². The third-order valence-corrected chi connectivity index (χ3v) is 2.95. The van der Waals surface area contributed by atoms with E-state index in [1.165, 1.54) is 18.2 Å². The highest BCUT2D eigenvalue weighted by Gasteiger charge is 2.11. The van der Waals surface area contributed by atoms with Gasteiger partial charge in [-0.2, -0.15) is 0 Å². The number of rotatable bonds is 6. The maximum absolute atomic E-state index is 13.4. The van der Waals surface area contributed by atoms with Crippen LogP contribution >= 0.6 is 0 Å². The lowest BCUT2D eigenvalue weighted by Crippen LogP contribution is -2.24. The molecule has 5 nitrogen and oxygen atoms in total. The second kappa shape index (κ2) is 7.93. The Morgan fingerprint density at radius 2 is 1.74 bits per heavy atom. The van der Waals surface area contributed by atoms with Crippen LogP contribution < -0.4 is 10.1 Å². The summed E-state index contributed by atoms with van der Waals surface area (Å²) in [6.07, 6.45) is 0. The summed E-state index contributed by atoms with van der Waals surface area (Å²) < 4.78 is 23.4. The largest absolute Gasteiger partial charge is 0.482 e. The van der Waals surface area contributed by atoms with Gasteiger partial charge in [0.25, 0.3) is 5.91 Å². The lowest BCUT2D eigenvalue weighted by atomic mass is 10.2. The van der Waals surface area contributed by atoms with Crippen molar-refractivity contribution in [3.63, 3.8) is 0 Å². The Morgan fingerprint density at radius 3 is 2.48 bits per heavy atom. The summed E-state index contributed by atoms with van der Waals surface area (Å²) in [7, 11) is 0. The van der Waals surface area contributed by atoms with Crippen LogP contribution in [0.4, 0.5) is 10.1 Å². The number of nitrogens with one attached hydrogen (secondary N) is 1. The van der Waals surface area contributed by atoms with Gasteiger partial charge in [0.15, 0.2) is 13.2 Å². The first kappa shape index (κ1) is 16.5. The van der Waals surface area contributed by atoms with Crippen LogP contribution in [0.15, 0.2) is 48.5 Å². The van der Waals surface area contributed by atoms with Crippen molar-refractivity contribution < 1.29 is 23.5 Å². The van der Waals surface area contributed by atoms with E-state index in [4.69, 9.17) is 9.47 Å². The Kier molecular flexibility index (Phi) is 5.68. The Bertz CT molecular complexity index is 702. The number of anilines is 1. The standard InChI is InChI=1S/C17H16FNO4/c1-12-6-2-5-9-15(12)22-11-17(21)23-10-16(20)19-14-8-4-3-7-13(14)18/h2-9H,10-11H2,1H3,(H,19,20). The zero-order valence-corrected chi connectivity index (χ0v) is 12.5. The zero-order valence-electron chi connectivity index (χ0n) is 12.5. The molecule has 1 amide bonds. The molecule has 0 aliphatic rings. The number of halogens is 1. The highest BCUT2D eigenvalue weighted by atomic mass is 19.1. The van der Waals surface area contributed by atoms with Crippen molar-refractivity contribution in [2.45, 2.75) is 6.92 Å². The fourth-order valence-corrected chi connectivity index (χ4v) is 1.79. The minimum Gasteiger partial charge on any atom is -0.482 e. The van der Waals surface area contributed by atoms with Gasteiger partial charge in [0.1, 0.15) is 11.6 Å². The number of hydrogen-bond acceptors (Lipinski definition) is 4. The molecule has 2 rings (SSSR count). The molecule has 120 valence electrons. The molecule has 0 heterocycles. The van der Waals surface area contributed by atoms with Gasteiger partial charge in [0, 0.05) is 0 Å². The number of carbonyl (C=O) groups is 2. The third kappa shape index (κ3) is 5.10. The first-order valence-corrected chi connectivity index (χ1v) is 6.94. The number of carbonyl (C=O) groups excluding carboxylic acids is 2. The van der Waals surface area contributed by atoms with Gasteiger partial charge < -0.3 is 14.8 Å². The maximum atomic E-state index is 13.4. The fourth-order valence-electron chi connectivity index (χ4n) is 1.79. The van der Waals surface area contributed by atoms with Crippen LogP contribution in [0.1, 0.15) is 5.56 Å². The molecule has 0 bridgehead atoms. The Labute approximate surface area is 133 Å². The molecule has 2 aromatic rings. The molecule has 0 unspecified atom stereocenters. The topological polar surface area (TPSA) is 64.6 Å². The Hall–Kier alpha value is -2.89. The van der Waals surface area contributed by atoms with Crippen LogP contribution in [0, 0.1) is 12.7 Å². The molecular weight excluding hydrogens is 301 g/mol. The minimum absolute atomic E-state index is 0.0321. The molecular formula is C17H16FNO4. The number of benzene rings is 2. The van der Waals surface area contributed by atoms with E-state index >= 15 is 0 Å². The van der Waals surface area contributed by atoms with Crippen LogP contribution in [0.2, 0.25) is 0 Å². The second-order valence-electron chi connectivity index (χ2n) is 4.74. The summed E-state index contributed by atoms with van der Waals surface area (Å²) in [6.45, 7) is 1.03. The predicted octanol–water partition coefficient (Wildman–Crippen LogP) is 2.69. The van der Waals surface area contributed by atoms with Crippen molar-refractivity contribution in [3.8, 4) is 5.75 Å². The van der Waals surface area contributed by atoms with Gasteiger partial charge in [-0.1, -0.05) is 30.3 Å². The fraction of sp³-hybridized carbons (Fsp3) is 0.176. The molecule has 0 aliphatic heterocycles. The summed E-state index contributed by atoms with van der Waals surface area (Å²) in [5.41, 5.74) is 0.919. The zero-order chi connectivity index (χ0) is 16.7. The van der Waals surface area contributed by atoms with Crippen LogP contribution in [-0.2, 0) is 14.3 Å². The highest BCUT2D eigenvalue weighted by molar-refractivity contribution is 5.92. The Morgan fingerprint density at radius 1 is 1.04 bits per heavy atom. The summed E-state index contributed by atoms with van der Waals surface area (Å²) in [5.74, 6) is -1.30. The van der Waals surface area contributed by atoms with Crippen LogP contribution in [0.5, 0.6) is 5.75 Å². The van der Waals surface area contributed by atoms with Crippen molar-refractivity contribution in [1.82, 2.24) is 0 Å². The van der Waals surface area contributed by atoms with E-state index in [2.05, 4.69) is 5.32 Å². The molecule has 1 N–H and O–H groups in total. The van der Waals surface area contributed by atoms with E-state index in [-0.39, 0.29) is 12.3 Å². The lowest BCUT2D eigenvalue weighted by Gasteiger charge is -2.09. The molecule has 0 fully saturated rings. The van der Waals surface area contributed by atoms with E-state index in [9.17, 15) is 14.0 Å². The minimum atomic E-state index is -0.683. The first-order chi connectivity index (χ1) is 11.1. The number of para-hydroxylation sites is 2. The molecule has 0 spiro atoms.